The van der Waals surface area contributed by atoms with E-state index in [0.717, 1.165) is 10.7 Å². The number of nitrogens with zero attached hydrogens (tertiary/aromatic N) is 2. The second-order valence-electron chi connectivity index (χ2n) is 2.36. The van der Waals surface area contributed by atoms with Crippen molar-refractivity contribution in [2.75, 3.05) is 6.54 Å². The molecule has 0 aliphatic heterocycles. The predicted octanol–water partition coefficient (Wildman–Crippen LogP) is 1.51. The topological polar surface area (TPSA) is 43.8 Å². The smallest absolute Gasteiger partial charge is 0.329 e. The summed E-state index contributed by atoms with van der Waals surface area (Å²) in [6, 6.07) is 0.775. The van der Waals surface area contributed by atoms with Crippen LogP contribution in [-0.4, -0.2) is 16.3 Å². The van der Waals surface area contributed by atoms with E-state index in [2.05, 4.69) is 5.10 Å². The lowest BCUT2D eigenvalue weighted by Crippen LogP contribution is -2.13. The molecule has 1 rings (SSSR count). The Bertz CT molecular complexity index is 294. The average molecular weight is 214 g/mol. The molecule has 0 spiro atoms. The first-order valence-corrected chi connectivity index (χ1v) is 3.83. The summed E-state index contributed by atoms with van der Waals surface area (Å²) in [4.78, 5) is 0. The van der Waals surface area contributed by atoms with Crippen molar-refractivity contribution in [2.24, 2.45) is 5.73 Å². The van der Waals surface area contributed by atoms with Crippen LogP contribution in [0, 0.1) is 0 Å². The molecular formula is C6H7ClF3N3. The van der Waals surface area contributed by atoms with E-state index in [0.29, 0.717) is 0 Å². The van der Waals surface area contributed by atoms with Crippen LogP contribution < -0.4 is 5.73 Å². The van der Waals surface area contributed by atoms with Crippen molar-refractivity contribution < 1.29 is 13.2 Å². The van der Waals surface area contributed by atoms with Crippen LogP contribution >= 0.6 is 11.6 Å². The largest absolute Gasteiger partial charge is 0.435 e. The van der Waals surface area contributed by atoms with Gasteiger partial charge in [0.05, 0.1) is 6.54 Å². The fraction of sp³-hybridized carbons (Fsp3) is 0.500. The second kappa shape index (κ2) is 3.55. The zero-order chi connectivity index (χ0) is 10.1. The first-order valence-electron chi connectivity index (χ1n) is 3.45. The molecule has 0 aromatic carbocycles. The van der Waals surface area contributed by atoms with Crippen molar-refractivity contribution in [1.82, 2.24) is 9.78 Å². The third-order valence-corrected chi connectivity index (χ3v) is 1.67. The molecule has 0 atom stereocenters. The minimum Gasteiger partial charge on any atom is -0.329 e. The fourth-order valence-electron chi connectivity index (χ4n) is 0.812. The molecule has 7 heteroatoms. The molecule has 3 nitrogen and oxygen atoms in total. The molecule has 1 aromatic heterocycles. The van der Waals surface area contributed by atoms with Gasteiger partial charge in [-0.3, -0.25) is 4.68 Å². The van der Waals surface area contributed by atoms with Crippen molar-refractivity contribution in [3.8, 4) is 0 Å². The number of rotatable bonds is 2. The van der Waals surface area contributed by atoms with Gasteiger partial charge in [-0.15, -0.1) is 0 Å². The highest BCUT2D eigenvalue weighted by Crippen LogP contribution is 2.29. The first kappa shape index (κ1) is 10.3. The quantitative estimate of drug-likeness (QED) is 0.810. The van der Waals surface area contributed by atoms with Gasteiger partial charge in [-0.1, -0.05) is 11.6 Å². The molecule has 0 unspecified atom stereocenters. The Hall–Kier alpha value is -0.750. The van der Waals surface area contributed by atoms with Crippen molar-refractivity contribution >= 4 is 11.6 Å². The summed E-state index contributed by atoms with van der Waals surface area (Å²) < 4.78 is 37.2. The minimum atomic E-state index is -4.45. The molecule has 2 N–H and O–H groups in total. The van der Waals surface area contributed by atoms with Gasteiger partial charge in [-0.2, -0.15) is 18.3 Å². The third-order valence-electron chi connectivity index (χ3n) is 1.36. The standard InChI is InChI=1S/C6H7ClF3N3/c7-5-3-4(6(8,9)10)12-13(5)2-1-11/h3H,1-2,11H2. The van der Waals surface area contributed by atoms with Gasteiger partial charge < -0.3 is 5.73 Å². The molecule has 13 heavy (non-hydrogen) atoms. The maximum atomic E-state index is 12.1. The van der Waals surface area contributed by atoms with Crippen molar-refractivity contribution in [3.05, 3.63) is 16.9 Å². The lowest BCUT2D eigenvalue weighted by molar-refractivity contribution is -0.141. The van der Waals surface area contributed by atoms with Crippen LogP contribution in [0.1, 0.15) is 5.69 Å². The van der Waals surface area contributed by atoms with Crippen LogP contribution in [0.15, 0.2) is 6.07 Å². The summed E-state index contributed by atoms with van der Waals surface area (Å²) in [6.07, 6.45) is -4.45. The van der Waals surface area contributed by atoms with Crippen molar-refractivity contribution in [3.63, 3.8) is 0 Å². The molecule has 0 aliphatic rings. The SMILES string of the molecule is NCCn1nc(C(F)(F)F)cc1Cl. The molecule has 0 aliphatic carbocycles. The summed E-state index contributed by atoms with van der Waals surface area (Å²) >= 11 is 5.47. The van der Waals surface area contributed by atoms with Crippen molar-refractivity contribution in [2.45, 2.75) is 12.7 Å². The Morgan fingerprint density at radius 3 is 2.54 bits per heavy atom. The van der Waals surface area contributed by atoms with Crippen LogP contribution in [0.4, 0.5) is 13.2 Å². The lowest BCUT2D eigenvalue weighted by atomic mass is 10.4. The molecule has 74 valence electrons. The number of hydrogen-bond donors (Lipinski definition) is 1. The van der Waals surface area contributed by atoms with E-state index in [-0.39, 0.29) is 18.2 Å². The Kier molecular flexibility index (Phi) is 2.82. The molecule has 0 radical (unpaired) electrons. The molecule has 0 amide bonds. The minimum absolute atomic E-state index is 0.0576. The van der Waals surface area contributed by atoms with E-state index < -0.39 is 11.9 Å². The normalized spacial score (nSPS) is 12.1. The van der Waals surface area contributed by atoms with E-state index in [1.807, 2.05) is 0 Å². The van der Waals surface area contributed by atoms with E-state index >= 15 is 0 Å². The average Bonchev–Trinajstić information content (AvgIpc) is 2.32. The van der Waals surface area contributed by atoms with E-state index in [9.17, 15) is 13.2 Å². The molecule has 0 saturated carbocycles. The highest BCUT2D eigenvalue weighted by molar-refractivity contribution is 6.29. The molecule has 0 bridgehead atoms. The van der Waals surface area contributed by atoms with Crippen LogP contribution in [0.25, 0.3) is 0 Å². The van der Waals surface area contributed by atoms with Gasteiger partial charge in [-0.25, -0.2) is 0 Å². The Morgan fingerprint density at radius 2 is 2.15 bits per heavy atom. The van der Waals surface area contributed by atoms with Gasteiger partial charge in [0.15, 0.2) is 5.69 Å². The molecule has 1 heterocycles. The molecular weight excluding hydrogens is 207 g/mol. The third kappa shape index (κ3) is 2.35. The van der Waals surface area contributed by atoms with Gasteiger partial charge in [0.1, 0.15) is 5.15 Å². The summed E-state index contributed by atoms with van der Waals surface area (Å²) in [7, 11) is 0. The van der Waals surface area contributed by atoms with E-state index in [4.69, 9.17) is 17.3 Å². The van der Waals surface area contributed by atoms with E-state index in [1.165, 1.54) is 0 Å². The Labute approximate surface area is 77.3 Å². The van der Waals surface area contributed by atoms with Crippen LogP contribution in [0.3, 0.4) is 0 Å². The Morgan fingerprint density at radius 1 is 1.54 bits per heavy atom. The van der Waals surface area contributed by atoms with Gasteiger partial charge in [0.2, 0.25) is 0 Å². The summed E-state index contributed by atoms with van der Waals surface area (Å²) in [5.41, 5.74) is 4.15. The van der Waals surface area contributed by atoms with E-state index in [1.54, 1.807) is 0 Å². The maximum absolute atomic E-state index is 12.1. The predicted molar refractivity (Wildman–Crippen MR) is 41.3 cm³/mol. The second-order valence-corrected chi connectivity index (χ2v) is 2.75. The number of halogens is 4. The molecule has 0 saturated heterocycles. The monoisotopic (exact) mass is 213 g/mol. The van der Waals surface area contributed by atoms with Crippen LogP contribution in [0.2, 0.25) is 5.15 Å². The first-order chi connectivity index (χ1) is 5.95. The maximum Gasteiger partial charge on any atom is 0.435 e. The van der Waals surface area contributed by atoms with Crippen molar-refractivity contribution in [1.29, 1.82) is 0 Å². The van der Waals surface area contributed by atoms with Gasteiger partial charge in [-0.05, 0) is 0 Å². The number of hydrogen-bond acceptors (Lipinski definition) is 2. The molecule has 0 fully saturated rings. The Balaban J connectivity index is 2.95. The lowest BCUT2D eigenvalue weighted by Gasteiger charge is -2.01. The zero-order valence-corrected chi connectivity index (χ0v) is 7.23. The number of alkyl halides is 3. The fourth-order valence-corrected chi connectivity index (χ4v) is 1.04. The van der Waals surface area contributed by atoms with Crippen LogP contribution in [0.5, 0.6) is 0 Å². The van der Waals surface area contributed by atoms with Gasteiger partial charge in [0, 0.05) is 12.6 Å². The highest BCUT2D eigenvalue weighted by Gasteiger charge is 2.34. The van der Waals surface area contributed by atoms with Gasteiger partial charge >= 0.3 is 6.18 Å². The summed E-state index contributed by atoms with van der Waals surface area (Å²) in [5, 5.41) is 3.19. The summed E-state index contributed by atoms with van der Waals surface area (Å²) in [5.74, 6) is 0. The summed E-state index contributed by atoms with van der Waals surface area (Å²) in [6.45, 7) is 0.369. The van der Waals surface area contributed by atoms with Crippen LogP contribution in [-0.2, 0) is 12.7 Å². The zero-order valence-electron chi connectivity index (χ0n) is 6.48. The number of nitrogens with two attached hydrogens (primary N) is 1. The number of aromatic nitrogens is 2. The molecule has 1 aromatic rings. The highest BCUT2D eigenvalue weighted by atomic mass is 35.5. The van der Waals surface area contributed by atoms with Gasteiger partial charge in [0.25, 0.3) is 0 Å².